The summed E-state index contributed by atoms with van der Waals surface area (Å²) in [5.74, 6) is 3.36. The molecule has 6 atom stereocenters. The van der Waals surface area contributed by atoms with Gasteiger partial charge in [-0.2, -0.15) is 0 Å². The van der Waals surface area contributed by atoms with Crippen molar-refractivity contribution in [2.24, 2.45) is 33.5 Å². The predicted octanol–water partition coefficient (Wildman–Crippen LogP) is 7.25. The topological polar surface area (TPSA) is 20.2 Å². The van der Waals surface area contributed by atoms with E-state index in [0.717, 1.165) is 11.8 Å². The van der Waals surface area contributed by atoms with E-state index in [9.17, 15) is 5.11 Å². The van der Waals surface area contributed by atoms with Crippen LogP contribution in [0.15, 0.2) is 18.2 Å². The Morgan fingerprint density at radius 2 is 1.30 bits per heavy atom. The summed E-state index contributed by atoms with van der Waals surface area (Å²) < 4.78 is 0. The first-order valence-electron chi connectivity index (χ1n) is 11.4. The Balaban J connectivity index is 1.63. The third-order valence-corrected chi connectivity index (χ3v) is 11.4. The van der Waals surface area contributed by atoms with Gasteiger partial charge in [0.2, 0.25) is 0 Å². The molecule has 4 fully saturated rings. The van der Waals surface area contributed by atoms with Gasteiger partial charge in [0, 0.05) is 5.56 Å². The van der Waals surface area contributed by atoms with Crippen LogP contribution in [0.3, 0.4) is 0 Å². The molecule has 1 nitrogen and oxygen atoms in total. The maximum absolute atomic E-state index is 11.1. The molecule has 6 unspecified atom stereocenters. The van der Waals surface area contributed by atoms with E-state index >= 15 is 0 Å². The second-order valence-electron chi connectivity index (χ2n) is 12.1. The summed E-state index contributed by atoms with van der Waals surface area (Å²) >= 11 is 0. The van der Waals surface area contributed by atoms with Crippen molar-refractivity contribution in [3.63, 3.8) is 0 Å². The SMILES string of the molecule is CC1(C)C2CCC1(C)C(c1cccc(O)c1C1CC3CCC1(C)C3(C)C)C2. The Labute approximate surface area is 166 Å². The van der Waals surface area contributed by atoms with Crippen molar-refractivity contribution >= 4 is 0 Å². The smallest absolute Gasteiger partial charge is 0.119 e. The van der Waals surface area contributed by atoms with E-state index in [2.05, 4.69) is 53.7 Å². The van der Waals surface area contributed by atoms with Gasteiger partial charge in [0.25, 0.3) is 0 Å². The van der Waals surface area contributed by atoms with Crippen molar-refractivity contribution in [2.45, 2.75) is 91.9 Å². The number of phenolic OH excluding ortho intramolecular Hbond substituents is 1. The summed E-state index contributed by atoms with van der Waals surface area (Å²) in [5.41, 5.74) is 4.33. The number of hydrogen-bond acceptors (Lipinski definition) is 1. The largest absolute Gasteiger partial charge is 0.508 e. The van der Waals surface area contributed by atoms with Gasteiger partial charge in [0.15, 0.2) is 0 Å². The molecule has 4 aliphatic rings. The van der Waals surface area contributed by atoms with Crippen LogP contribution >= 0.6 is 0 Å². The molecule has 0 heterocycles. The Bertz CT molecular complexity index is 789. The summed E-state index contributed by atoms with van der Waals surface area (Å²) in [6.07, 6.45) is 8.02. The molecule has 0 aromatic heterocycles. The highest BCUT2D eigenvalue weighted by Gasteiger charge is 2.64. The molecule has 0 radical (unpaired) electrons. The second-order valence-corrected chi connectivity index (χ2v) is 12.1. The normalized spacial score (nSPS) is 46.3. The van der Waals surface area contributed by atoms with Gasteiger partial charge >= 0.3 is 0 Å². The zero-order chi connectivity index (χ0) is 19.4. The van der Waals surface area contributed by atoms with Crippen LogP contribution in [0, 0.1) is 33.5 Å². The molecule has 27 heavy (non-hydrogen) atoms. The van der Waals surface area contributed by atoms with Crippen molar-refractivity contribution in [3.8, 4) is 5.75 Å². The number of fused-ring (bicyclic) bond motifs is 4. The monoisotopic (exact) mass is 366 g/mol. The summed E-state index contributed by atoms with van der Waals surface area (Å²) in [6.45, 7) is 15.1. The predicted molar refractivity (Wildman–Crippen MR) is 112 cm³/mol. The van der Waals surface area contributed by atoms with Gasteiger partial charge in [0.1, 0.15) is 5.75 Å². The van der Waals surface area contributed by atoms with Crippen molar-refractivity contribution < 1.29 is 5.11 Å². The fraction of sp³-hybridized carbons (Fsp3) is 0.769. The third kappa shape index (κ3) is 1.92. The summed E-state index contributed by atoms with van der Waals surface area (Å²) in [7, 11) is 0. The molecule has 148 valence electrons. The van der Waals surface area contributed by atoms with Crippen molar-refractivity contribution in [1.29, 1.82) is 0 Å². The molecular formula is C26H38O. The zero-order valence-electron chi connectivity index (χ0n) is 18.2. The second kappa shape index (κ2) is 5.14. The van der Waals surface area contributed by atoms with Gasteiger partial charge in [0.05, 0.1) is 0 Å². The van der Waals surface area contributed by atoms with E-state index in [0.29, 0.717) is 39.2 Å². The van der Waals surface area contributed by atoms with Gasteiger partial charge < -0.3 is 5.11 Å². The number of aromatic hydroxyl groups is 1. The van der Waals surface area contributed by atoms with Crippen LogP contribution in [-0.4, -0.2) is 5.11 Å². The molecule has 1 aromatic rings. The highest BCUT2D eigenvalue weighted by atomic mass is 16.3. The quantitative estimate of drug-likeness (QED) is 0.584. The minimum Gasteiger partial charge on any atom is -0.508 e. The Morgan fingerprint density at radius 3 is 1.74 bits per heavy atom. The molecule has 4 saturated carbocycles. The van der Waals surface area contributed by atoms with Crippen LogP contribution in [-0.2, 0) is 0 Å². The molecule has 0 aliphatic heterocycles. The fourth-order valence-electron chi connectivity index (χ4n) is 8.57. The van der Waals surface area contributed by atoms with Gasteiger partial charge in [-0.1, -0.05) is 53.7 Å². The molecule has 4 aliphatic carbocycles. The van der Waals surface area contributed by atoms with E-state index in [1.165, 1.54) is 49.7 Å². The molecule has 1 heteroatoms. The number of hydrogen-bond donors (Lipinski definition) is 1. The number of benzene rings is 1. The first kappa shape index (κ1) is 18.1. The van der Waals surface area contributed by atoms with E-state index in [-0.39, 0.29) is 0 Å². The first-order chi connectivity index (χ1) is 12.5. The van der Waals surface area contributed by atoms with Crippen molar-refractivity contribution in [1.82, 2.24) is 0 Å². The third-order valence-electron chi connectivity index (χ3n) is 11.4. The lowest BCUT2D eigenvalue weighted by molar-refractivity contribution is 0.126. The minimum absolute atomic E-state index is 0.319. The lowest BCUT2D eigenvalue weighted by atomic mass is 9.61. The van der Waals surface area contributed by atoms with Crippen molar-refractivity contribution in [3.05, 3.63) is 29.3 Å². The highest BCUT2D eigenvalue weighted by Crippen LogP contribution is 2.74. The first-order valence-corrected chi connectivity index (χ1v) is 11.4. The van der Waals surface area contributed by atoms with E-state index < -0.39 is 0 Å². The van der Waals surface area contributed by atoms with Gasteiger partial charge in [-0.25, -0.2) is 0 Å². The summed E-state index contributed by atoms with van der Waals surface area (Å²) in [6, 6.07) is 6.45. The van der Waals surface area contributed by atoms with E-state index in [4.69, 9.17) is 0 Å². The Kier molecular flexibility index (Phi) is 3.44. The average molecular weight is 367 g/mol. The molecule has 0 saturated heterocycles. The van der Waals surface area contributed by atoms with Crippen molar-refractivity contribution in [2.75, 3.05) is 0 Å². The molecule has 0 amide bonds. The molecule has 4 bridgehead atoms. The maximum Gasteiger partial charge on any atom is 0.119 e. The van der Waals surface area contributed by atoms with Crippen LogP contribution in [0.1, 0.15) is 103 Å². The fourth-order valence-corrected chi connectivity index (χ4v) is 8.57. The van der Waals surface area contributed by atoms with Crippen LogP contribution in [0.25, 0.3) is 0 Å². The highest BCUT2D eigenvalue weighted by molar-refractivity contribution is 5.48. The molecule has 0 spiro atoms. The average Bonchev–Trinajstić information content (AvgIpc) is 3.12. The van der Waals surface area contributed by atoms with Crippen LogP contribution in [0.5, 0.6) is 5.75 Å². The Morgan fingerprint density at radius 1 is 0.778 bits per heavy atom. The lowest BCUT2D eigenvalue weighted by Crippen LogP contribution is -2.34. The summed E-state index contributed by atoms with van der Waals surface area (Å²) in [4.78, 5) is 0. The van der Waals surface area contributed by atoms with Crippen LogP contribution < -0.4 is 0 Å². The van der Waals surface area contributed by atoms with Gasteiger partial charge in [-0.15, -0.1) is 0 Å². The lowest BCUT2D eigenvalue weighted by Gasteiger charge is -2.43. The zero-order valence-corrected chi connectivity index (χ0v) is 18.2. The Hall–Kier alpha value is -0.980. The van der Waals surface area contributed by atoms with E-state index in [1.54, 1.807) is 0 Å². The molecule has 5 rings (SSSR count). The van der Waals surface area contributed by atoms with Crippen LogP contribution in [0.2, 0.25) is 0 Å². The number of phenols is 1. The van der Waals surface area contributed by atoms with E-state index in [1.807, 2.05) is 6.07 Å². The number of rotatable bonds is 2. The minimum atomic E-state index is 0.319. The summed E-state index contributed by atoms with van der Waals surface area (Å²) in [5, 5.41) is 11.1. The standard InChI is InChI=1S/C26H38O/c1-23(2)16-10-12-25(23,5)19(14-16)18-8-7-9-21(27)22(18)20-15-17-11-13-26(20,6)24(17,3)4/h7-9,16-17,19-20,27H,10-15H2,1-6H3. The maximum atomic E-state index is 11.1. The van der Waals surface area contributed by atoms with Crippen LogP contribution in [0.4, 0.5) is 0 Å². The molecule has 1 N–H and O–H groups in total. The van der Waals surface area contributed by atoms with Gasteiger partial charge in [-0.3, -0.25) is 0 Å². The molecular weight excluding hydrogens is 328 g/mol. The van der Waals surface area contributed by atoms with Gasteiger partial charge in [-0.05, 0) is 95.5 Å². The molecule has 1 aromatic carbocycles.